The molecule has 0 aliphatic rings. The van der Waals surface area contributed by atoms with Gasteiger partial charge in [0.05, 0.1) is 0 Å². The van der Waals surface area contributed by atoms with Gasteiger partial charge in [0.25, 0.3) is 3.91 Å². The molecule has 1 rings (SSSR count). The fraction of sp³-hybridized carbons (Fsp3) is 0.200. The molecule has 6 nitrogen and oxygen atoms in total. The molecule has 0 radical (unpaired) electrons. The van der Waals surface area contributed by atoms with Crippen molar-refractivity contribution >= 4 is 32.5 Å². The summed E-state index contributed by atoms with van der Waals surface area (Å²) in [6.07, 6.45) is 0.0257. The Morgan fingerprint density at radius 2 is 1.94 bits per heavy atom. The van der Waals surface area contributed by atoms with E-state index in [9.17, 15) is 14.7 Å². The first-order chi connectivity index (χ1) is 7.90. The van der Waals surface area contributed by atoms with Crippen molar-refractivity contribution in [3.63, 3.8) is 0 Å². The summed E-state index contributed by atoms with van der Waals surface area (Å²) in [4.78, 5) is 21.7. The lowest BCUT2D eigenvalue weighted by Gasteiger charge is -2.12. The van der Waals surface area contributed by atoms with E-state index in [2.05, 4.69) is 5.32 Å². The number of hydrogen-bond donors (Lipinski definition) is 4. The first-order valence-corrected chi connectivity index (χ1v) is 5.67. The third-order valence-corrected chi connectivity index (χ3v) is 2.38. The summed E-state index contributed by atoms with van der Waals surface area (Å²) in [5.74, 6) is -1.77. The normalized spacial score (nSPS) is 11.8. The number of aromatic hydroxyl groups is 2. The van der Waals surface area contributed by atoms with Crippen LogP contribution in [-0.4, -0.2) is 31.2 Å². The summed E-state index contributed by atoms with van der Waals surface area (Å²) in [6, 6.07) is 2.92. The molecule has 0 aromatic heterocycles. The van der Waals surface area contributed by atoms with E-state index in [0.29, 0.717) is 5.56 Å². The SMILES string of the molecule is O=C(I)NC(Cc1ccc(O)c(O)c1)C(=O)O. The van der Waals surface area contributed by atoms with Gasteiger partial charge in [0.2, 0.25) is 0 Å². The Hall–Kier alpha value is -1.51. The monoisotopic (exact) mass is 351 g/mol. The molecule has 0 saturated carbocycles. The summed E-state index contributed by atoms with van der Waals surface area (Å²) in [5.41, 5.74) is 0.498. The van der Waals surface area contributed by atoms with E-state index in [1.165, 1.54) is 40.8 Å². The van der Waals surface area contributed by atoms with E-state index in [4.69, 9.17) is 10.2 Å². The number of rotatable bonds is 4. The number of aliphatic carboxylic acids is 1. The molecule has 1 aromatic rings. The number of phenolic OH excluding ortho intramolecular Hbond substituents is 2. The number of carboxylic acid groups (broad SMARTS) is 1. The Morgan fingerprint density at radius 1 is 1.29 bits per heavy atom. The Bertz CT molecular complexity index is 448. The average molecular weight is 351 g/mol. The van der Waals surface area contributed by atoms with E-state index in [-0.39, 0.29) is 17.9 Å². The fourth-order valence-corrected chi connectivity index (χ4v) is 1.64. The third-order valence-electron chi connectivity index (χ3n) is 2.07. The summed E-state index contributed by atoms with van der Waals surface area (Å²) in [6.45, 7) is 0. The van der Waals surface area contributed by atoms with Gasteiger partial charge in [-0.15, -0.1) is 0 Å². The second-order valence-electron chi connectivity index (χ2n) is 3.34. The first kappa shape index (κ1) is 13.6. The van der Waals surface area contributed by atoms with Gasteiger partial charge in [-0.2, -0.15) is 0 Å². The minimum atomic E-state index is -1.16. The van der Waals surface area contributed by atoms with Gasteiger partial charge in [0, 0.05) is 29.0 Å². The molecule has 0 bridgehead atoms. The highest BCUT2D eigenvalue weighted by Gasteiger charge is 2.19. The zero-order valence-corrected chi connectivity index (χ0v) is 10.7. The molecule has 7 heteroatoms. The van der Waals surface area contributed by atoms with Crippen LogP contribution in [0.5, 0.6) is 11.5 Å². The maximum atomic E-state index is 10.9. The molecule has 0 heterocycles. The molecular formula is C10H10INO5. The standard InChI is InChI=1S/C10H10INO5/c11-10(17)12-6(9(15)16)3-5-1-2-7(13)8(14)4-5/h1-2,4,6,13-14H,3H2,(H,12,17)(H,15,16). The third kappa shape index (κ3) is 4.10. The zero-order chi connectivity index (χ0) is 13.0. The second kappa shape index (κ2) is 5.71. The van der Waals surface area contributed by atoms with E-state index in [1.54, 1.807) is 0 Å². The van der Waals surface area contributed by atoms with Gasteiger partial charge in [-0.1, -0.05) is 6.07 Å². The summed E-state index contributed by atoms with van der Waals surface area (Å²) in [7, 11) is 0. The lowest BCUT2D eigenvalue weighted by Crippen LogP contribution is -2.39. The molecule has 92 valence electrons. The maximum absolute atomic E-state index is 10.9. The summed E-state index contributed by atoms with van der Waals surface area (Å²) >= 11 is 1.44. The lowest BCUT2D eigenvalue weighted by atomic mass is 10.1. The van der Waals surface area contributed by atoms with Crippen LogP contribution < -0.4 is 5.32 Å². The molecule has 4 N–H and O–H groups in total. The van der Waals surface area contributed by atoms with Crippen molar-refractivity contribution < 1.29 is 24.9 Å². The van der Waals surface area contributed by atoms with Gasteiger partial charge >= 0.3 is 5.97 Å². The molecule has 0 spiro atoms. The molecule has 0 aliphatic heterocycles. The van der Waals surface area contributed by atoms with Gasteiger partial charge in [-0.3, -0.25) is 4.79 Å². The Morgan fingerprint density at radius 3 is 2.41 bits per heavy atom. The molecule has 17 heavy (non-hydrogen) atoms. The van der Waals surface area contributed by atoms with Gasteiger partial charge in [0.15, 0.2) is 11.5 Å². The number of benzene rings is 1. The topological polar surface area (TPSA) is 107 Å². The highest BCUT2D eigenvalue weighted by atomic mass is 127. The van der Waals surface area contributed by atoms with Crippen LogP contribution in [0.3, 0.4) is 0 Å². The van der Waals surface area contributed by atoms with Gasteiger partial charge < -0.3 is 20.6 Å². The average Bonchev–Trinajstić information content (AvgIpc) is 2.21. The van der Waals surface area contributed by atoms with Crippen LogP contribution in [0.4, 0.5) is 4.79 Å². The van der Waals surface area contributed by atoms with Crippen molar-refractivity contribution in [2.45, 2.75) is 12.5 Å². The van der Waals surface area contributed by atoms with Crippen molar-refractivity contribution in [3.8, 4) is 11.5 Å². The van der Waals surface area contributed by atoms with Crippen molar-refractivity contribution in [1.82, 2.24) is 5.32 Å². The van der Waals surface area contributed by atoms with Crippen LogP contribution in [0.25, 0.3) is 0 Å². The fourth-order valence-electron chi connectivity index (χ4n) is 1.27. The first-order valence-electron chi connectivity index (χ1n) is 4.60. The number of amides is 1. The molecule has 1 aromatic carbocycles. The minimum Gasteiger partial charge on any atom is -0.504 e. The number of carbonyl (C=O) groups is 2. The molecule has 1 amide bonds. The number of carboxylic acids is 1. The smallest absolute Gasteiger partial charge is 0.326 e. The Labute approximate surface area is 110 Å². The van der Waals surface area contributed by atoms with Gasteiger partial charge in [-0.05, 0) is 17.7 Å². The van der Waals surface area contributed by atoms with E-state index < -0.39 is 15.9 Å². The molecule has 1 unspecified atom stereocenters. The number of carbonyl (C=O) groups excluding carboxylic acids is 1. The Kier molecular flexibility index (Phi) is 4.55. The van der Waals surface area contributed by atoms with Crippen molar-refractivity contribution in [1.29, 1.82) is 0 Å². The number of phenols is 2. The number of nitrogens with one attached hydrogen (secondary N) is 1. The van der Waals surface area contributed by atoms with Crippen LogP contribution in [0.1, 0.15) is 5.56 Å². The van der Waals surface area contributed by atoms with E-state index >= 15 is 0 Å². The molecule has 0 aliphatic carbocycles. The predicted octanol–water partition coefficient (Wildman–Crippen LogP) is 1.24. The van der Waals surface area contributed by atoms with Crippen LogP contribution in [0, 0.1) is 0 Å². The minimum absolute atomic E-state index is 0.0257. The highest BCUT2D eigenvalue weighted by molar-refractivity contribution is 14.1. The summed E-state index contributed by atoms with van der Waals surface area (Å²) < 4.78 is -0.474. The number of hydrogen-bond acceptors (Lipinski definition) is 4. The molecule has 0 fully saturated rings. The van der Waals surface area contributed by atoms with Crippen LogP contribution in [0.15, 0.2) is 18.2 Å². The molecular weight excluding hydrogens is 341 g/mol. The largest absolute Gasteiger partial charge is 0.504 e. The van der Waals surface area contributed by atoms with E-state index in [1.807, 2.05) is 0 Å². The molecule has 0 saturated heterocycles. The highest BCUT2D eigenvalue weighted by Crippen LogP contribution is 2.25. The maximum Gasteiger partial charge on any atom is 0.326 e. The van der Waals surface area contributed by atoms with Crippen molar-refractivity contribution in [3.05, 3.63) is 23.8 Å². The lowest BCUT2D eigenvalue weighted by molar-refractivity contribution is -0.139. The van der Waals surface area contributed by atoms with Crippen molar-refractivity contribution in [2.75, 3.05) is 0 Å². The van der Waals surface area contributed by atoms with E-state index in [0.717, 1.165) is 0 Å². The molecule has 1 atom stereocenters. The zero-order valence-electron chi connectivity index (χ0n) is 8.55. The van der Waals surface area contributed by atoms with Crippen LogP contribution >= 0.6 is 22.6 Å². The second-order valence-corrected chi connectivity index (χ2v) is 4.32. The predicted molar refractivity (Wildman–Crippen MR) is 67.5 cm³/mol. The van der Waals surface area contributed by atoms with Crippen molar-refractivity contribution in [2.24, 2.45) is 0 Å². The van der Waals surface area contributed by atoms with Crippen LogP contribution in [0.2, 0.25) is 0 Å². The van der Waals surface area contributed by atoms with Crippen LogP contribution in [-0.2, 0) is 11.2 Å². The summed E-state index contributed by atoms with van der Waals surface area (Å²) in [5, 5.41) is 29.5. The van der Waals surface area contributed by atoms with Gasteiger partial charge in [-0.25, -0.2) is 4.79 Å². The quantitative estimate of drug-likeness (QED) is 0.283. The Balaban J connectivity index is 2.82. The van der Waals surface area contributed by atoms with Gasteiger partial charge in [0.1, 0.15) is 6.04 Å². The number of halogens is 1.